The first-order valence-corrected chi connectivity index (χ1v) is 9.08. The molecule has 5 nitrogen and oxygen atoms in total. The van der Waals surface area contributed by atoms with Crippen LogP contribution in [0.5, 0.6) is 0 Å². The van der Waals surface area contributed by atoms with Crippen LogP contribution in [0.2, 0.25) is 0 Å². The number of alkyl halides is 1. The van der Waals surface area contributed by atoms with Gasteiger partial charge in [-0.3, -0.25) is 4.90 Å². The third-order valence-electron chi connectivity index (χ3n) is 3.96. The third kappa shape index (κ3) is 2.32. The fourth-order valence-corrected chi connectivity index (χ4v) is 3.82. The molecule has 0 fully saturated rings. The Balaban J connectivity index is 2.32. The van der Waals surface area contributed by atoms with Crippen molar-refractivity contribution in [3.8, 4) is 0 Å². The molecule has 22 heavy (non-hydrogen) atoms. The van der Waals surface area contributed by atoms with E-state index in [1.807, 2.05) is 0 Å². The van der Waals surface area contributed by atoms with Gasteiger partial charge in [0.05, 0.1) is 10.6 Å². The van der Waals surface area contributed by atoms with Gasteiger partial charge in [0, 0.05) is 24.6 Å². The van der Waals surface area contributed by atoms with E-state index < -0.39 is 15.9 Å². The van der Waals surface area contributed by atoms with E-state index in [1.165, 1.54) is 4.90 Å². The summed E-state index contributed by atoms with van der Waals surface area (Å²) in [6.45, 7) is 0.288. The van der Waals surface area contributed by atoms with E-state index >= 15 is 0 Å². The first-order valence-electron chi connectivity index (χ1n) is 6.66. The number of halogens is 1. The molecule has 2 aromatic rings. The molecule has 0 radical (unpaired) electrons. The maximum atomic E-state index is 11.8. The zero-order valence-corrected chi connectivity index (χ0v) is 13.4. The molecule has 1 atom stereocenters. The van der Waals surface area contributed by atoms with Crippen molar-refractivity contribution >= 4 is 44.0 Å². The number of rotatable bonds is 2. The Morgan fingerprint density at radius 1 is 1.36 bits per heavy atom. The molecule has 0 spiro atoms. The highest BCUT2D eigenvalue weighted by Gasteiger charge is 2.33. The largest absolute Gasteiger partial charge is 0.465 e. The quantitative estimate of drug-likeness (QED) is 0.853. The van der Waals surface area contributed by atoms with Crippen molar-refractivity contribution in [2.24, 2.45) is 0 Å². The van der Waals surface area contributed by atoms with E-state index in [2.05, 4.69) is 0 Å². The molecule has 1 amide bonds. The van der Waals surface area contributed by atoms with Crippen LogP contribution in [0, 0.1) is 0 Å². The molecule has 1 N–H and O–H groups in total. The number of hydrogen-bond acceptors (Lipinski definition) is 3. The molecule has 2 aromatic carbocycles. The van der Waals surface area contributed by atoms with Crippen molar-refractivity contribution < 1.29 is 18.3 Å². The lowest BCUT2D eigenvalue weighted by Gasteiger charge is -2.13. The van der Waals surface area contributed by atoms with Gasteiger partial charge in [0.1, 0.15) is 0 Å². The summed E-state index contributed by atoms with van der Waals surface area (Å²) < 4.78 is 23.5. The summed E-state index contributed by atoms with van der Waals surface area (Å²) in [6.07, 6.45) is 0.118. The zero-order chi connectivity index (χ0) is 16.1. The van der Waals surface area contributed by atoms with E-state index in [-0.39, 0.29) is 23.2 Å². The Labute approximate surface area is 133 Å². The van der Waals surface area contributed by atoms with Crippen LogP contribution in [0.1, 0.15) is 11.5 Å². The minimum atomic E-state index is -3.33. The molecule has 0 aliphatic carbocycles. The average molecular weight is 340 g/mol. The van der Waals surface area contributed by atoms with Crippen LogP contribution < -0.4 is 4.90 Å². The van der Waals surface area contributed by atoms with Crippen molar-refractivity contribution in [3.05, 3.63) is 35.9 Å². The Morgan fingerprint density at radius 3 is 2.64 bits per heavy atom. The maximum Gasteiger partial charge on any atom is 0.411 e. The number of nitrogens with zero attached hydrogens (tertiary/aromatic N) is 1. The van der Waals surface area contributed by atoms with Gasteiger partial charge in [-0.1, -0.05) is 12.1 Å². The van der Waals surface area contributed by atoms with Gasteiger partial charge in [0.15, 0.2) is 9.84 Å². The first kappa shape index (κ1) is 15.1. The first-order chi connectivity index (χ1) is 10.3. The summed E-state index contributed by atoms with van der Waals surface area (Å²) in [6, 6.07) is 8.45. The van der Waals surface area contributed by atoms with E-state index in [0.29, 0.717) is 5.69 Å². The molecule has 1 unspecified atom stereocenters. The Kier molecular flexibility index (Phi) is 3.53. The minimum Gasteiger partial charge on any atom is -0.465 e. The summed E-state index contributed by atoms with van der Waals surface area (Å²) in [4.78, 5) is 12.9. The molecule has 3 rings (SSSR count). The second-order valence-corrected chi connectivity index (χ2v) is 7.72. The number of hydrogen-bond donors (Lipinski definition) is 1. The zero-order valence-electron chi connectivity index (χ0n) is 11.8. The highest BCUT2D eigenvalue weighted by molar-refractivity contribution is 7.90. The molecule has 0 aromatic heterocycles. The van der Waals surface area contributed by atoms with E-state index in [0.717, 1.165) is 22.6 Å². The Morgan fingerprint density at radius 2 is 2.05 bits per heavy atom. The topological polar surface area (TPSA) is 74.7 Å². The Hall–Kier alpha value is -1.79. The van der Waals surface area contributed by atoms with Gasteiger partial charge in [-0.05, 0) is 34.5 Å². The van der Waals surface area contributed by atoms with Crippen LogP contribution in [0.4, 0.5) is 10.5 Å². The second-order valence-electron chi connectivity index (χ2n) is 5.40. The smallest absolute Gasteiger partial charge is 0.411 e. The lowest BCUT2D eigenvalue weighted by Crippen LogP contribution is -2.28. The van der Waals surface area contributed by atoms with Crippen LogP contribution in [0.3, 0.4) is 0 Å². The minimum absolute atomic E-state index is 0.147. The molecule has 7 heteroatoms. The van der Waals surface area contributed by atoms with Crippen molar-refractivity contribution in [3.63, 3.8) is 0 Å². The number of carboxylic acid groups (broad SMARTS) is 1. The Bertz CT molecular complexity index is 878. The number of benzene rings is 2. The van der Waals surface area contributed by atoms with E-state index in [9.17, 15) is 18.3 Å². The molecule has 0 saturated heterocycles. The van der Waals surface area contributed by atoms with Crippen molar-refractivity contribution in [2.75, 3.05) is 23.6 Å². The fraction of sp³-hybridized carbons (Fsp3) is 0.267. The maximum absolute atomic E-state index is 11.8. The number of sulfone groups is 1. The number of fused-ring (bicyclic) bond motifs is 3. The van der Waals surface area contributed by atoms with Crippen LogP contribution in [0.25, 0.3) is 10.8 Å². The van der Waals surface area contributed by atoms with Gasteiger partial charge >= 0.3 is 6.09 Å². The summed E-state index contributed by atoms with van der Waals surface area (Å²) in [5, 5.41) is 10.9. The van der Waals surface area contributed by atoms with Crippen LogP contribution in [0.15, 0.2) is 35.2 Å². The fourth-order valence-electron chi connectivity index (χ4n) is 2.92. The lowest BCUT2D eigenvalue weighted by molar-refractivity contribution is 0.202. The summed E-state index contributed by atoms with van der Waals surface area (Å²) in [7, 11) is -3.33. The molecule has 1 aliphatic heterocycles. The van der Waals surface area contributed by atoms with E-state index in [1.54, 1.807) is 30.3 Å². The van der Waals surface area contributed by atoms with Crippen molar-refractivity contribution in [2.45, 2.75) is 10.8 Å². The number of carbonyl (C=O) groups is 1. The van der Waals surface area contributed by atoms with Crippen LogP contribution >= 0.6 is 11.6 Å². The van der Waals surface area contributed by atoms with Crippen LogP contribution in [-0.4, -0.2) is 38.3 Å². The van der Waals surface area contributed by atoms with Crippen LogP contribution in [-0.2, 0) is 9.84 Å². The average Bonchev–Trinajstić information content (AvgIpc) is 2.85. The monoisotopic (exact) mass is 339 g/mol. The molecule has 116 valence electrons. The summed E-state index contributed by atoms with van der Waals surface area (Å²) in [5.41, 5.74) is 1.39. The molecular weight excluding hydrogens is 326 g/mol. The van der Waals surface area contributed by atoms with E-state index in [4.69, 9.17) is 11.6 Å². The molecule has 1 aliphatic rings. The third-order valence-corrected chi connectivity index (χ3v) is 5.44. The summed E-state index contributed by atoms with van der Waals surface area (Å²) >= 11 is 6.00. The lowest BCUT2D eigenvalue weighted by atomic mass is 9.96. The predicted octanol–water partition coefficient (Wildman–Crippen LogP) is 3.06. The van der Waals surface area contributed by atoms with Gasteiger partial charge in [0.2, 0.25) is 0 Å². The second kappa shape index (κ2) is 5.14. The van der Waals surface area contributed by atoms with Gasteiger partial charge in [0.25, 0.3) is 0 Å². The molecule has 0 bridgehead atoms. The standard InChI is InChI=1S/C15H14ClNO4S/c1-22(20,21)11-4-2-9-3-5-13-14(12(9)6-11)10(7-16)8-17(13)15(18)19/h2-6,10H,7-8H2,1H3,(H,18,19). The van der Waals surface area contributed by atoms with Crippen molar-refractivity contribution in [1.29, 1.82) is 0 Å². The molecule has 1 heterocycles. The normalized spacial score (nSPS) is 17.7. The van der Waals surface area contributed by atoms with Crippen molar-refractivity contribution in [1.82, 2.24) is 0 Å². The van der Waals surface area contributed by atoms with Gasteiger partial charge in [-0.2, -0.15) is 0 Å². The van der Waals surface area contributed by atoms with Gasteiger partial charge < -0.3 is 5.11 Å². The molecular formula is C15H14ClNO4S. The highest BCUT2D eigenvalue weighted by Crippen LogP contribution is 2.42. The summed E-state index contributed by atoms with van der Waals surface area (Å²) in [5.74, 6) is 0.130. The number of anilines is 1. The number of amides is 1. The highest BCUT2D eigenvalue weighted by atomic mass is 35.5. The van der Waals surface area contributed by atoms with Gasteiger partial charge in [-0.15, -0.1) is 11.6 Å². The molecule has 0 saturated carbocycles. The predicted molar refractivity (Wildman–Crippen MR) is 85.9 cm³/mol. The SMILES string of the molecule is CS(=O)(=O)c1ccc2ccc3c(c2c1)C(CCl)CN3C(=O)O. The van der Waals surface area contributed by atoms with Gasteiger partial charge in [-0.25, -0.2) is 13.2 Å².